The molecule has 1 aliphatic rings. The normalized spacial score (nSPS) is 14.9. The highest BCUT2D eigenvalue weighted by Crippen LogP contribution is 2.47. The van der Waals surface area contributed by atoms with Crippen molar-refractivity contribution in [1.82, 2.24) is 9.19 Å². The Kier molecular flexibility index (Phi) is 3.39. The summed E-state index contributed by atoms with van der Waals surface area (Å²) in [5.41, 5.74) is 2.89. The minimum Gasteiger partial charge on any atom is -0.207 e. The second-order valence-electron chi connectivity index (χ2n) is 4.73. The molecular weight excluding hydrogens is 334 g/mol. The van der Waals surface area contributed by atoms with Gasteiger partial charge in [0.25, 0.3) is 0 Å². The first kappa shape index (κ1) is 13.1. The summed E-state index contributed by atoms with van der Waals surface area (Å²) in [6, 6.07) is 4.81. The second kappa shape index (κ2) is 4.90. The molecule has 1 aromatic carbocycles. The molecule has 0 spiro atoms. The van der Waals surface area contributed by atoms with Gasteiger partial charge in [-0.15, -0.1) is 3.89 Å². The van der Waals surface area contributed by atoms with E-state index >= 15 is 0 Å². The van der Waals surface area contributed by atoms with E-state index in [0.29, 0.717) is 17.2 Å². The molecule has 0 atom stereocenters. The summed E-state index contributed by atoms with van der Waals surface area (Å²) in [6.45, 7) is 1.70. The average molecular weight is 345 g/mol. The number of aromatic nitrogens is 2. The van der Waals surface area contributed by atoms with Gasteiger partial charge < -0.3 is 0 Å². The average Bonchev–Trinajstić information content (AvgIpc) is 3.17. The number of rotatable bonds is 3. The molecule has 1 aromatic heterocycles. The van der Waals surface area contributed by atoms with Crippen molar-refractivity contribution in [1.29, 1.82) is 0 Å². The molecule has 0 unspecified atom stereocenters. The van der Waals surface area contributed by atoms with Crippen LogP contribution in [0.3, 0.4) is 0 Å². The third kappa shape index (κ3) is 2.31. The maximum Gasteiger partial charge on any atom is 0.187 e. The summed E-state index contributed by atoms with van der Waals surface area (Å²) in [5.74, 6) is 0.127. The van der Waals surface area contributed by atoms with E-state index < -0.39 is 0 Å². The van der Waals surface area contributed by atoms with Crippen molar-refractivity contribution >= 4 is 28.3 Å². The number of nitrogens with zero attached hydrogens (tertiary/aromatic N) is 2. The Labute approximate surface area is 122 Å². The molecule has 1 heterocycles. The van der Waals surface area contributed by atoms with E-state index in [2.05, 4.69) is 21.0 Å². The van der Waals surface area contributed by atoms with Gasteiger partial charge in [0, 0.05) is 11.5 Å². The predicted molar refractivity (Wildman–Crippen MR) is 76.1 cm³/mol. The zero-order chi connectivity index (χ0) is 13.6. The molecule has 2 nitrogen and oxygen atoms in total. The highest BCUT2D eigenvalue weighted by atomic mass is 79.9. The van der Waals surface area contributed by atoms with Gasteiger partial charge in [-0.05, 0) is 59.5 Å². The molecule has 100 valence electrons. The molecule has 2 aromatic rings. The Morgan fingerprint density at radius 2 is 2.16 bits per heavy atom. The summed E-state index contributed by atoms with van der Waals surface area (Å²) in [7, 11) is 0. The fourth-order valence-corrected chi connectivity index (χ4v) is 3.46. The third-order valence-corrected chi connectivity index (χ3v) is 4.48. The zero-order valence-electron chi connectivity index (χ0n) is 10.2. The summed E-state index contributed by atoms with van der Waals surface area (Å²) in [5, 5.41) is 4.27. The second-order valence-corrected chi connectivity index (χ2v) is 6.00. The van der Waals surface area contributed by atoms with Gasteiger partial charge in [-0.25, -0.2) is 4.39 Å². The van der Waals surface area contributed by atoms with Gasteiger partial charge in [0.2, 0.25) is 0 Å². The van der Waals surface area contributed by atoms with Crippen molar-refractivity contribution in [2.75, 3.05) is 0 Å². The summed E-state index contributed by atoms with van der Waals surface area (Å²) in [4.78, 5) is 0. The van der Waals surface area contributed by atoms with Crippen molar-refractivity contribution < 1.29 is 8.28 Å². The van der Waals surface area contributed by atoms with E-state index in [1.54, 1.807) is 19.1 Å². The smallest absolute Gasteiger partial charge is 0.187 e. The van der Waals surface area contributed by atoms with Crippen LogP contribution >= 0.6 is 28.3 Å². The van der Waals surface area contributed by atoms with Crippen LogP contribution in [0.2, 0.25) is 0 Å². The van der Waals surface area contributed by atoms with Crippen molar-refractivity contribution in [3.63, 3.8) is 0 Å². The number of halogens is 3. The lowest BCUT2D eigenvalue weighted by Gasteiger charge is -2.01. The van der Waals surface area contributed by atoms with Gasteiger partial charge in [0.15, 0.2) is 12.3 Å². The van der Waals surface area contributed by atoms with Crippen LogP contribution in [0.25, 0.3) is 11.3 Å². The van der Waals surface area contributed by atoms with Crippen LogP contribution < -0.4 is 0 Å². The monoisotopic (exact) mass is 344 g/mol. The summed E-state index contributed by atoms with van der Waals surface area (Å²) >= 11 is 3.61. The molecular formula is C13H11BrF2N2S. The van der Waals surface area contributed by atoms with E-state index in [0.717, 1.165) is 28.6 Å². The van der Waals surface area contributed by atoms with E-state index in [9.17, 15) is 8.28 Å². The SMILES string of the molecule is Cc1cc(-c2nn(SF)c(C3CC3)c2Br)ccc1F. The third-order valence-electron chi connectivity index (χ3n) is 3.29. The van der Waals surface area contributed by atoms with Gasteiger partial charge in [0.1, 0.15) is 11.5 Å². The van der Waals surface area contributed by atoms with Crippen LogP contribution in [0, 0.1) is 12.7 Å². The van der Waals surface area contributed by atoms with Crippen molar-refractivity contribution in [3.8, 4) is 11.3 Å². The Hall–Kier alpha value is -0.880. The highest BCUT2D eigenvalue weighted by Gasteiger charge is 2.32. The lowest BCUT2D eigenvalue weighted by atomic mass is 10.1. The fraction of sp³-hybridized carbons (Fsp3) is 0.308. The maximum absolute atomic E-state index is 13.3. The summed E-state index contributed by atoms with van der Waals surface area (Å²) in [6.07, 6.45) is 2.12. The number of benzene rings is 1. The Balaban J connectivity index is 2.11. The lowest BCUT2D eigenvalue weighted by molar-refractivity contribution is 0.618. The zero-order valence-corrected chi connectivity index (χ0v) is 12.6. The molecule has 1 fully saturated rings. The number of aryl methyl sites for hydroxylation is 1. The topological polar surface area (TPSA) is 17.8 Å². The lowest BCUT2D eigenvalue weighted by Crippen LogP contribution is -1.92. The van der Waals surface area contributed by atoms with Gasteiger partial charge in [-0.1, -0.05) is 0 Å². The predicted octanol–water partition coefficient (Wildman–Crippen LogP) is 5.02. The van der Waals surface area contributed by atoms with E-state index in [4.69, 9.17) is 0 Å². The van der Waals surface area contributed by atoms with Crippen molar-refractivity contribution in [2.45, 2.75) is 25.7 Å². The van der Waals surface area contributed by atoms with Gasteiger partial charge in [-0.3, -0.25) is 0 Å². The van der Waals surface area contributed by atoms with Crippen LogP contribution in [-0.2, 0) is 0 Å². The molecule has 0 N–H and O–H groups in total. The largest absolute Gasteiger partial charge is 0.207 e. The van der Waals surface area contributed by atoms with Crippen LogP contribution in [0.15, 0.2) is 22.7 Å². The van der Waals surface area contributed by atoms with Crippen molar-refractivity contribution in [3.05, 3.63) is 39.7 Å². The molecule has 0 amide bonds. The van der Waals surface area contributed by atoms with Crippen molar-refractivity contribution in [2.24, 2.45) is 0 Å². The minimum absolute atomic E-state index is 0.102. The van der Waals surface area contributed by atoms with E-state index in [1.165, 1.54) is 10.2 Å². The minimum atomic E-state index is -0.249. The molecule has 0 saturated heterocycles. The Bertz CT molecular complexity index is 638. The molecule has 3 rings (SSSR count). The first-order valence-corrected chi connectivity index (χ1v) is 7.42. The van der Waals surface area contributed by atoms with Crippen LogP contribution in [0.4, 0.5) is 8.28 Å². The quantitative estimate of drug-likeness (QED) is 0.778. The molecule has 6 heteroatoms. The van der Waals surface area contributed by atoms with Crippen LogP contribution in [0.5, 0.6) is 0 Å². The van der Waals surface area contributed by atoms with Gasteiger partial charge >= 0.3 is 0 Å². The fourth-order valence-electron chi connectivity index (χ4n) is 2.12. The standard InChI is InChI=1S/C13H11BrF2N2S/c1-7-6-9(4-5-10(7)15)12-11(14)13(8-2-3-8)18(17-12)19-16/h4-6,8H,2-3H2,1H3. The molecule has 0 radical (unpaired) electrons. The molecule has 0 aliphatic heterocycles. The van der Waals surface area contributed by atoms with Gasteiger partial charge in [-0.2, -0.15) is 9.19 Å². The van der Waals surface area contributed by atoms with E-state index in [1.807, 2.05) is 0 Å². The first-order chi connectivity index (χ1) is 9.11. The summed E-state index contributed by atoms with van der Waals surface area (Å²) < 4.78 is 28.4. The van der Waals surface area contributed by atoms with Crippen LogP contribution in [-0.4, -0.2) is 9.19 Å². The number of hydrogen-bond donors (Lipinski definition) is 0. The van der Waals surface area contributed by atoms with Crippen LogP contribution in [0.1, 0.15) is 30.0 Å². The Morgan fingerprint density at radius 3 is 2.74 bits per heavy atom. The molecule has 0 bridgehead atoms. The maximum atomic E-state index is 13.3. The first-order valence-electron chi connectivity index (χ1n) is 5.96. The molecule has 1 aliphatic carbocycles. The van der Waals surface area contributed by atoms with Gasteiger partial charge in [0.05, 0.1) is 10.2 Å². The molecule has 1 saturated carbocycles. The number of hydrogen-bond acceptors (Lipinski definition) is 2. The molecule has 19 heavy (non-hydrogen) atoms. The highest BCUT2D eigenvalue weighted by molar-refractivity contribution is 9.10. The Morgan fingerprint density at radius 1 is 1.42 bits per heavy atom. The van der Waals surface area contributed by atoms with E-state index in [-0.39, 0.29) is 18.2 Å².